The molecule has 0 spiro atoms. The van der Waals surface area contributed by atoms with E-state index >= 15 is 0 Å². The van der Waals surface area contributed by atoms with Gasteiger partial charge in [-0.05, 0) is 83.9 Å². The van der Waals surface area contributed by atoms with Crippen molar-refractivity contribution < 1.29 is 43.1 Å². The van der Waals surface area contributed by atoms with Crippen LogP contribution in [0.2, 0.25) is 0 Å². The molecule has 0 saturated carbocycles. The smallest absolute Gasteiger partial charge is 0.324 e. The molecule has 0 aromatic heterocycles. The van der Waals surface area contributed by atoms with Crippen molar-refractivity contribution in [1.29, 1.82) is 0 Å². The summed E-state index contributed by atoms with van der Waals surface area (Å²) in [5.41, 5.74) is 2.89. The predicted octanol–water partition coefficient (Wildman–Crippen LogP) is 5.19. The van der Waals surface area contributed by atoms with Gasteiger partial charge in [0.1, 0.15) is 0 Å². The Labute approximate surface area is 251 Å². The van der Waals surface area contributed by atoms with Gasteiger partial charge in [-0.1, -0.05) is 24.3 Å². The van der Waals surface area contributed by atoms with Gasteiger partial charge in [0, 0.05) is 33.9 Å². The van der Waals surface area contributed by atoms with Crippen LogP contribution in [0.15, 0.2) is 97.1 Å². The first-order valence-corrected chi connectivity index (χ1v) is 16.5. The summed E-state index contributed by atoms with van der Waals surface area (Å²) in [6, 6.07) is 24.0. The lowest BCUT2D eigenvalue weighted by atomic mass is 10.1. The van der Waals surface area contributed by atoms with Gasteiger partial charge >= 0.3 is 21.2 Å². The highest BCUT2D eigenvalue weighted by atomic mass is 31.2. The van der Waals surface area contributed by atoms with Gasteiger partial charge in [0.05, 0.1) is 12.3 Å². The number of amides is 4. The topological polar surface area (TPSA) is 214 Å². The molecule has 0 saturated heterocycles. The molecule has 0 atom stereocenters. The van der Waals surface area contributed by atoms with E-state index in [1.54, 1.807) is 36.4 Å². The van der Waals surface area contributed by atoms with Gasteiger partial charge in [-0.3, -0.25) is 18.7 Å². The first-order valence-electron chi connectivity index (χ1n) is 12.9. The summed E-state index contributed by atoms with van der Waals surface area (Å²) in [4.78, 5) is 74.3. The molecule has 13 nitrogen and oxygen atoms in total. The summed E-state index contributed by atoms with van der Waals surface area (Å²) in [5, 5.41) is 10.6. The maximum Gasteiger partial charge on any atom is 0.329 e. The van der Waals surface area contributed by atoms with Crippen molar-refractivity contribution in [3.8, 4) is 0 Å². The van der Waals surface area contributed by atoms with Crippen molar-refractivity contribution in [3.05, 3.63) is 119 Å². The number of carbonyl (C=O) groups excluding carboxylic acids is 3. The third-order valence-electron chi connectivity index (χ3n) is 5.96. The lowest BCUT2D eigenvalue weighted by Crippen LogP contribution is -2.19. The molecule has 0 heterocycles. The van der Waals surface area contributed by atoms with E-state index in [0.29, 0.717) is 45.0 Å². The summed E-state index contributed by atoms with van der Waals surface area (Å²) >= 11 is 0. The Morgan fingerprint density at radius 1 is 0.500 bits per heavy atom. The summed E-state index contributed by atoms with van der Waals surface area (Å²) < 4.78 is 22.5. The number of anilines is 4. The molecular formula is C29H28N4O9P2. The molecule has 0 radical (unpaired) electrons. The van der Waals surface area contributed by atoms with E-state index < -0.39 is 45.4 Å². The van der Waals surface area contributed by atoms with Crippen LogP contribution >= 0.6 is 15.2 Å². The maximum absolute atomic E-state index is 12.6. The average molecular weight is 639 g/mol. The fourth-order valence-corrected chi connectivity index (χ4v) is 5.43. The molecule has 0 aliphatic carbocycles. The molecule has 0 unspecified atom stereocenters. The maximum atomic E-state index is 12.6. The van der Waals surface area contributed by atoms with Crippen LogP contribution in [0, 0.1) is 0 Å². The summed E-state index contributed by atoms with van der Waals surface area (Å²) in [7, 11) is -8.50. The highest BCUT2D eigenvalue weighted by molar-refractivity contribution is 7.51. The molecule has 4 amide bonds. The molecule has 44 heavy (non-hydrogen) atoms. The Kier molecular flexibility index (Phi) is 10.1. The first kappa shape index (κ1) is 32.3. The standard InChI is InChI=1S/C29H28N4O9P2/c34-27(30-25-5-1-3-19(15-25)17-43(37,38)39)21-7-11-23(12-8-21)32-29(36)33-24-13-9-22(10-14-24)28(35)31-26-6-2-4-20(16-26)18-44(40,41)42/h1-16H,17-18H2,(H,30,34)(H,31,35)(H2,32,33,36)(H2,37,38,39)(H2,40,41,42). The van der Waals surface area contributed by atoms with E-state index in [9.17, 15) is 23.5 Å². The molecule has 4 rings (SSSR count). The zero-order chi connectivity index (χ0) is 31.9. The highest BCUT2D eigenvalue weighted by Gasteiger charge is 2.16. The third-order valence-corrected chi connectivity index (χ3v) is 7.51. The number of rotatable bonds is 10. The zero-order valence-corrected chi connectivity index (χ0v) is 24.7. The second-order valence-corrected chi connectivity index (χ2v) is 13.0. The SMILES string of the molecule is O=C(Nc1ccc(C(=O)Nc2cccc(CP(=O)(O)O)c2)cc1)Nc1ccc(C(=O)Nc2cccc(CP(=O)(O)O)c2)cc1. The fraction of sp³-hybridized carbons (Fsp3) is 0.0690. The van der Waals surface area contributed by atoms with Crippen molar-refractivity contribution in [3.63, 3.8) is 0 Å². The van der Waals surface area contributed by atoms with Crippen molar-refractivity contribution in [2.45, 2.75) is 12.3 Å². The number of nitrogens with one attached hydrogen (secondary N) is 4. The van der Waals surface area contributed by atoms with Crippen LogP contribution < -0.4 is 21.3 Å². The van der Waals surface area contributed by atoms with Gasteiger partial charge in [0.25, 0.3) is 11.8 Å². The first-order chi connectivity index (χ1) is 20.7. The highest BCUT2D eigenvalue weighted by Crippen LogP contribution is 2.40. The Bertz CT molecular complexity index is 1640. The molecule has 4 aromatic carbocycles. The van der Waals surface area contributed by atoms with Crippen molar-refractivity contribution in [2.24, 2.45) is 0 Å². The molecule has 0 aliphatic rings. The largest absolute Gasteiger partial charge is 0.329 e. The molecule has 0 aliphatic heterocycles. The summed E-state index contributed by atoms with van der Waals surface area (Å²) in [5.74, 6) is -0.903. The van der Waals surface area contributed by atoms with E-state index in [1.807, 2.05) is 0 Å². The molecule has 0 fully saturated rings. The van der Waals surface area contributed by atoms with Crippen LogP contribution in [0.3, 0.4) is 0 Å². The average Bonchev–Trinajstić information content (AvgIpc) is 2.92. The Hall–Kier alpha value is -4.61. The Morgan fingerprint density at radius 2 is 0.864 bits per heavy atom. The molecule has 4 aromatic rings. The quantitative estimate of drug-likeness (QED) is 0.107. The van der Waals surface area contributed by atoms with Gasteiger partial charge in [0.15, 0.2) is 0 Å². The van der Waals surface area contributed by atoms with Crippen LogP contribution in [-0.4, -0.2) is 37.4 Å². The van der Waals surface area contributed by atoms with Crippen molar-refractivity contribution >= 4 is 55.8 Å². The number of hydrogen-bond acceptors (Lipinski definition) is 5. The van der Waals surface area contributed by atoms with Crippen LogP contribution in [0.1, 0.15) is 31.8 Å². The van der Waals surface area contributed by atoms with E-state index in [1.165, 1.54) is 60.7 Å². The van der Waals surface area contributed by atoms with Gasteiger partial charge < -0.3 is 40.8 Å². The lowest BCUT2D eigenvalue weighted by Gasteiger charge is -2.11. The van der Waals surface area contributed by atoms with Gasteiger partial charge in [-0.25, -0.2) is 4.79 Å². The van der Waals surface area contributed by atoms with Crippen LogP contribution in [-0.2, 0) is 21.5 Å². The molecule has 15 heteroatoms. The molecule has 0 bridgehead atoms. The number of hydrogen-bond donors (Lipinski definition) is 8. The van der Waals surface area contributed by atoms with Crippen LogP contribution in [0.4, 0.5) is 27.5 Å². The minimum Gasteiger partial charge on any atom is -0.324 e. The summed E-state index contributed by atoms with van der Waals surface area (Å²) in [6.07, 6.45) is -0.890. The summed E-state index contributed by atoms with van der Waals surface area (Å²) in [6.45, 7) is 0. The van der Waals surface area contributed by atoms with E-state index in [0.717, 1.165) is 0 Å². The Morgan fingerprint density at radius 3 is 1.20 bits per heavy atom. The van der Waals surface area contributed by atoms with Crippen molar-refractivity contribution in [2.75, 3.05) is 21.3 Å². The zero-order valence-electron chi connectivity index (χ0n) is 22.9. The lowest BCUT2D eigenvalue weighted by molar-refractivity contribution is 0.101. The number of urea groups is 1. The minimum absolute atomic E-state index is 0.290. The normalized spacial score (nSPS) is 11.4. The van der Waals surface area contributed by atoms with Gasteiger partial charge in [0.2, 0.25) is 0 Å². The fourth-order valence-electron chi connectivity index (χ4n) is 4.08. The van der Waals surface area contributed by atoms with E-state index in [4.69, 9.17) is 19.6 Å². The van der Waals surface area contributed by atoms with Crippen LogP contribution in [0.25, 0.3) is 0 Å². The van der Waals surface area contributed by atoms with Gasteiger partial charge in [-0.15, -0.1) is 0 Å². The second kappa shape index (κ2) is 13.8. The third kappa shape index (κ3) is 10.3. The van der Waals surface area contributed by atoms with Crippen LogP contribution in [0.5, 0.6) is 0 Å². The van der Waals surface area contributed by atoms with E-state index in [2.05, 4.69) is 21.3 Å². The monoisotopic (exact) mass is 638 g/mol. The number of benzene rings is 4. The predicted molar refractivity (Wildman–Crippen MR) is 166 cm³/mol. The minimum atomic E-state index is -4.25. The molecule has 8 N–H and O–H groups in total. The number of carbonyl (C=O) groups is 3. The van der Waals surface area contributed by atoms with Crippen molar-refractivity contribution in [1.82, 2.24) is 0 Å². The second-order valence-electron chi connectivity index (χ2n) is 9.69. The van der Waals surface area contributed by atoms with E-state index in [-0.39, 0.29) is 0 Å². The molecule has 228 valence electrons. The van der Waals surface area contributed by atoms with Gasteiger partial charge in [-0.2, -0.15) is 0 Å². The Balaban J connectivity index is 1.28. The molecular weight excluding hydrogens is 610 g/mol.